The Bertz CT molecular complexity index is 813. The first-order valence-corrected chi connectivity index (χ1v) is 6.58. The molecule has 1 aliphatic heterocycles. The summed E-state index contributed by atoms with van der Waals surface area (Å²) in [6.45, 7) is 2.19. The molecule has 1 nitrogen and oxygen atoms in total. The topological polar surface area (TPSA) is 3.01 Å². The molecule has 0 saturated heterocycles. The second kappa shape index (κ2) is 3.59. The highest BCUT2D eigenvalue weighted by molar-refractivity contribution is 5.92. The lowest BCUT2D eigenvalue weighted by Gasteiger charge is -2.25. The minimum atomic E-state index is 0.270. The molecule has 1 heterocycles. The Morgan fingerprint density at radius 1 is 0.947 bits per heavy atom. The third kappa shape index (κ3) is 1.29. The molecule has 4 rings (SSSR count). The van der Waals surface area contributed by atoms with E-state index >= 15 is 0 Å². The van der Waals surface area contributed by atoms with Crippen molar-refractivity contribution in [2.75, 3.05) is 7.05 Å². The van der Waals surface area contributed by atoms with Gasteiger partial charge in [-0.1, -0.05) is 42.5 Å². The molecule has 0 saturated carbocycles. The van der Waals surface area contributed by atoms with E-state index in [2.05, 4.69) is 72.6 Å². The van der Waals surface area contributed by atoms with Gasteiger partial charge in [-0.3, -0.25) is 0 Å². The molecule has 2 aliphatic rings. The van der Waals surface area contributed by atoms with Gasteiger partial charge in [0.2, 0.25) is 11.9 Å². The highest BCUT2D eigenvalue weighted by atomic mass is 15.0. The van der Waals surface area contributed by atoms with Gasteiger partial charge in [0.1, 0.15) is 7.05 Å². The van der Waals surface area contributed by atoms with Gasteiger partial charge in [-0.25, -0.2) is 0 Å². The van der Waals surface area contributed by atoms with Crippen molar-refractivity contribution in [3.8, 4) is 11.1 Å². The SMILES string of the molecule is Cc1cccc2c1C1C(=C=C=[N+]1C)c1ccccc1-2. The normalized spacial score (nSPS) is 18.3. The van der Waals surface area contributed by atoms with Crippen molar-refractivity contribution in [3.63, 3.8) is 0 Å². The van der Waals surface area contributed by atoms with Gasteiger partial charge < -0.3 is 0 Å². The van der Waals surface area contributed by atoms with Gasteiger partial charge in [-0.2, -0.15) is 4.58 Å². The number of benzene rings is 2. The van der Waals surface area contributed by atoms with Crippen LogP contribution < -0.4 is 0 Å². The Balaban J connectivity index is 2.18. The van der Waals surface area contributed by atoms with E-state index in [-0.39, 0.29) is 6.04 Å². The molecule has 0 radical (unpaired) electrons. The molecule has 0 bridgehead atoms. The summed E-state index contributed by atoms with van der Waals surface area (Å²) in [4.78, 5) is 0. The zero-order valence-corrected chi connectivity index (χ0v) is 11.1. The van der Waals surface area contributed by atoms with Crippen LogP contribution in [0.2, 0.25) is 0 Å². The number of hydrogen-bond donors (Lipinski definition) is 0. The highest BCUT2D eigenvalue weighted by Crippen LogP contribution is 2.47. The number of nitrogens with zero attached hydrogens (tertiary/aromatic N) is 1. The lowest BCUT2D eigenvalue weighted by molar-refractivity contribution is -0.519. The van der Waals surface area contributed by atoms with E-state index in [9.17, 15) is 0 Å². The molecule has 0 fully saturated rings. The summed E-state index contributed by atoms with van der Waals surface area (Å²) in [6, 6.07) is 15.4. The van der Waals surface area contributed by atoms with Crippen LogP contribution in [0.1, 0.15) is 22.7 Å². The third-order valence-corrected chi connectivity index (χ3v) is 4.13. The second-order valence-corrected chi connectivity index (χ2v) is 5.25. The van der Waals surface area contributed by atoms with E-state index < -0.39 is 0 Å². The summed E-state index contributed by atoms with van der Waals surface area (Å²) in [7, 11) is 2.08. The van der Waals surface area contributed by atoms with Crippen LogP contribution in [0.25, 0.3) is 16.7 Å². The van der Waals surface area contributed by atoms with E-state index in [4.69, 9.17) is 0 Å². The van der Waals surface area contributed by atoms with Crippen molar-refractivity contribution in [1.29, 1.82) is 0 Å². The van der Waals surface area contributed by atoms with Crippen molar-refractivity contribution >= 4 is 11.4 Å². The molecule has 90 valence electrons. The van der Waals surface area contributed by atoms with E-state index in [1.807, 2.05) is 0 Å². The molecular weight excluding hydrogens is 230 g/mol. The molecule has 0 spiro atoms. The van der Waals surface area contributed by atoms with E-state index in [0.717, 1.165) is 0 Å². The van der Waals surface area contributed by atoms with Gasteiger partial charge in [0.25, 0.3) is 0 Å². The van der Waals surface area contributed by atoms with Crippen molar-refractivity contribution in [3.05, 3.63) is 64.9 Å². The standard InChI is InChI=1S/C18H14N/c1-12-6-5-9-15-13-7-3-4-8-14(13)16-10-11-19(2)18(16)17(12)15/h3-9,18H,1-2H3/q+1. The Morgan fingerprint density at radius 2 is 1.68 bits per heavy atom. The fourth-order valence-electron chi connectivity index (χ4n) is 3.26. The zero-order chi connectivity index (χ0) is 13.0. The molecule has 1 heteroatoms. The number of fused-ring (bicyclic) bond motifs is 6. The summed E-state index contributed by atoms with van der Waals surface area (Å²) in [5, 5.41) is 0. The van der Waals surface area contributed by atoms with Crippen molar-refractivity contribution in [2.45, 2.75) is 13.0 Å². The summed E-state index contributed by atoms with van der Waals surface area (Å²) in [6.07, 6.45) is 0. The van der Waals surface area contributed by atoms with Gasteiger partial charge in [-0.05, 0) is 23.6 Å². The first-order valence-electron chi connectivity index (χ1n) is 6.58. The van der Waals surface area contributed by atoms with Crippen molar-refractivity contribution in [2.24, 2.45) is 0 Å². The predicted molar refractivity (Wildman–Crippen MR) is 77.5 cm³/mol. The van der Waals surface area contributed by atoms with Gasteiger partial charge in [-0.15, -0.1) is 0 Å². The van der Waals surface area contributed by atoms with Crippen LogP contribution >= 0.6 is 0 Å². The van der Waals surface area contributed by atoms with Crippen LogP contribution in [0.5, 0.6) is 0 Å². The second-order valence-electron chi connectivity index (χ2n) is 5.25. The molecule has 1 atom stereocenters. The Labute approximate surface area is 112 Å². The van der Waals surface area contributed by atoms with Crippen LogP contribution in [0.15, 0.2) is 48.2 Å². The molecule has 2 aromatic carbocycles. The number of rotatable bonds is 0. The van der Waals surface area contributed by atoms with E-state index in [0.29, 0.717) is 0 Å². The number of aryl methyl sites for hydroxylation is 1. The lowest BCUT2D eigenvalue weighted by Crippen LogP contribution is -2.18. The maximum Gasteiger partial charge on any atom is 0.222 e. The first kappa shape index (κ1) is 10.6. The number of hydrogen-bond acceptors (Lipinski definition) is 0. The number of likely N-dealkylation sites (N-methyl/N-ethyl adjacent to an activating group) is 1. The summed E-state index contributed by atoms with van der Waals surface area (Å²) < 4.78 is 2.14. The average Bonchev–Trinajstić information content (AvgIpc) is 2.82. The molecule has 0 N–H and O–H groups in total. The molecule has 0 aromatic heterocycles. The highest BCUT2D eigenvalue weighted by Gasteiger charge is 2.38. The summed E-state index contributed by atoms with van der Waals surface area (Å²) in [5.41, 5.74) is 11.3. The fourth-order valence-corrected chi connectivity index (χ4v) is 3.26. The fraction of sp³-hybridized carbons (Fsp3) is 0.167. The smallest absolute Gasteiger partial charge is 0.172 e. The van der Waals surface area contributed by atoms with E-state index in [1.165, 1.54) is 33.4 Å². The lowest BCUT2D eigenvalue weighted by atomic mass is 9.78. The minimum Gasteiger partial charge on any atom is -0.172 e. The third-order valence-electron chi connectivity index (χ3n) is 4.13. The molecule has 2 aromatic rings. The largest absolute Gasteiger partial charge is 0.222 e. The first-order chi connectivity index (χ1) is 9.27. The minimum absolute atomic E-state index is 0.270. The summed E-state index contributed by atoms with van der Waals surface area (Å²) in [5.74, 6) is 3.22. The van der Waals surface area contributed by atoms with Crippen LogP contribution in [0.3, 0.4) is 0 Å². The maximum atomic E-state index is 3.33. The Kier molecular flexibility index (Phi) is 2.00. The van der Waals surface area contributed by atoms with Crippen LogP contribution in [0, 0.1) is 6.92 Å². The van der Waals surface area contributed by atoms with Crippen LogP contribution in [0.4, 0.5) is 0 Å². The zero-order valence-electron chi connectivity index (χ0n) is 11.1. The Morgan fingerprint density at radius 3 is 2.53 bits per heavy atom. The maximum absolute atomic E-state index is 3.33. The monoisotopic (exact) mass is 244 g/mol. The van der Waals surface area contributed by atoms with Gasteiger partial charge in [0.15, 0.2) is 0 Å². The van der Waals surface area contributed by atoms with Crippen molar-refractivity contribution in [1.82, 2.24) is 0 Å². The van der Waals surface area contributed by atoms with Gasteiger partial charge >= 0.3 is 0 Å². The molecule has 19 heavy (non-hydrogen) atoms. The quantitative estimate of drug-likeness (QED) is 0.492. The molecule has 1 unspecified atom stereocenters. The van der Waals surface area contributed by atoms with Crippen LogP contribution in [-0.2, 0) is 0 Å². The van der Waals surface area contributed by atoms with E-state index in [1.54, 1.807) is 0 Å². The molecule has 0 amide bonds. The van der Waals surface area contributed by atoms with Crippen LogP contribution in [-0.4, -0.2) is 17.5 Å². The van der Waals surface area contributed by atoms with Crippen molar-refractivity contribution < 1.29 is 4.58 Å². The molecule has 1 aliphatic carbocycles. The Hall–Kier alpha value is -2.33. The molecular formula is C18H14N+. The summed E-state index contributed by atoms with van der Waals surface area (Å²) >= 11 is 0. The predicted octanol–water partition coefficient (Wildman–Crippen LogP) is 3.58. The van der Waals surface area contributed by atoms with Gasteiger partial charge in [0, 0.05) is 16.9 Å². The average molecular weight is 244 g/mol. The van der Waals surface area contributed by atoms with Gasteiger partial charge in [0.05, 0.1) is 5.57 Å².